The van der Waals surface area contributed by atoms with E-state index >= 15 is 0 Å². The number of para-hydroxylation sites is 2. The van der Waals surface area contributed by atoms with Crippen LogP contribution in [0, 0.1) is 0 Å². The lowest BCUT2D eigenvalue weighted by Crippen LogP contribution is -2.46. The molecule has 1 aliphatic rings. The normalized spacial score (nSPS) is 18.8. The van der Waals surface area contributed by atoms with Crippen molar-refractivity contribution in [2.45, 2.75) is 31.8 Å². The maximum absolute atomic E-state index is 12.3. The SMILES string of the molecule is Cn1c(=O)n(CCC(=O)N2CCC[C@@H](N)C2)c2ccccc21. The van der Waals surface area contributed by atoms with Crippen LogP contribution in [-0.4, -0.2) is 39.1 Å². The highest BCUT2D eigenvalue weighted by Gasteiger charge is 2.21. The molecule has 1 atom stereocenters. The van der Waals surface area contributed by atoms with Crippen molar-refractivity contribution in [3.63, 3.8) is 0 Å². The molecule has 118 valence electrons. The largest absolute Gasteiger partial charge is 0.341 e. The molecule has 3 rings (SSSR count). The number of aromatic nitrogens is 2. The Balaban J connectivity index is 1.75. The highest BCUT2D eigenvalue weighted by atomic mass is 16.2. The number of aryl methyl sites for hydroxylation is 2. The molecule has 0 bridgehead atoms. The predicted molar refractivity (Wildman–Crippen MR) is 85.6 cm³/mol. The number of hydrogen-bond acceptors (Lipinski definition) is 3. The van der Waals surface area contributed by atoms with Gasteiger partial charge in [-0.2, -0.15) is 0 Å². The molecular weight excluding hydrogens is 280 g/mol. The van der Waals surface area contributed by atoms with E-state index in [0.717, 1.165) is 30.4 Å². The van der Waals surface area contributed by atoms with Crippen LogP contribution in [0.3, 0.4) is 0 Å². The molecule has 1 amide bonds. The molecule has 0 spiro atoms. The van der Waals surface area contributed by atoms with Crippen LogP contribution in [0.15, 0.2) is 29.1 Å². The first-order valence-corrected chi connectivity index (χ1v) is 7.75. The van der Waals surface area contributed by atoms with E-state index < -0.39 is 0 Å². The Morgan fingerprint density at radius 3 is 2.77 bits per heavy atom. The van der Waals surface area contributed by atoms with E-state index in [2.05, 4.69) is 0 Å². The Morgan fingerprint density at radius 1 is 1.32 bits per heavy atom. The summed E-state index contributed by atoms with van der Waals surface area (Å²) in [4.78, 5) is 26.5. The van der Waals surface area contributed by atoms with Crippen LogP contribution in [0.25, 0.3) is 11.0 Å². The van der Waals surface area contributed by atoms with Crippen molar-refractivity contribution in [1.82, 2.24) is 14.0 Å². The Labute approximate surface area is 129 Å². The molecule has 1 aliphatic heterocycles. The van der Waals surface area contributed by atoms with Gasteiger partial charge in [0.2, 0.25) is 5.91 Å². The standard InChI is InChI=1S/C16H22N4O2/c1-18-13-6-2-3-7-14(13)20(16(18)22)10-8-15(21)19-9-4-5-12(17)11-19/h2-3,6-7,12H,4-5,8-11,17H2,1H3/t12-/m1/s1. The molecule has 0 aliphatic carbocycles. The maximum Gasteiger partial charge on any atom is 0.328 e. The van der Waals surface area contributed by atoms with Crippen LogP contribution in [0.5, 0.6) is 0 Å². The highest BCUT2D eigenvalue weighted by Crippen LogP contribution is 2.13. The van der Waals surface area contributed by atoms with E-state index in [4.69, 9.17) is 5.73 Å². The Hall–Kier alpha value is -2.08. The van der Waals surface area contributed by atoms with E-state index in [9.17, 15) is 9.59 Å². The lowest BCUT2D eigenvalue weighted by Gasteiger charge is -2.30. The summed E-state index contributed by atoms with van der Waals surface area (Å²) in [5.41, 5.74) is 7.60. The van der Waals surface area contributed by atoms with Gasteiger partial charge in [0.1, 0.15) is 0 Å². The molecule has 1 fully saturated rings. The molecule has 2 N–H and O–H groups in total. The zero-order valence-corrected chi connectivity index (χ0v) is 12.9. The fraction of sp³-hybridized carbons (Fsp3) is 0.500. The van der Waals surface area contributed by atoms with Gasteiger partial charge in [0.05, 0.1) is 11.0 Å². The fourth-order valence-electron chi connectivity index (χ4n) is 3.18. The number of nitrogens with two attached hydrogens (primary N) is 1. The molecule has 6 heteroatoms. The number of nitrogens with zero attached hydrogens (tertiary/aromatic N) is 3. The van der Waals surface area contributed by atoms with Crippen molar-refractivity contribution >= 4 is 16.9 Å². The molecule has 1 aromatic carbocycles. The van der Waals surface area contributed by atoms with Crippen LogP contribution < -0.4 is 11.4 Å². The van der Waals surface area contributed by atoms with E-state index in [0.29, 0.717) is 19.5 Å². The zero-order chi connectivity index (χ0) is 15.7. The summed E-state index contributed by atoms with van der Waals surface area (Å²) in [6.45, 7) is 1.81. The maximum atomic E-state index is 12.3. The number of amides is 1. The van der Waals surface area contributed by atoms with Crippen molar-refractivity contribution in [3.05, 3.63) is 34.7 Å². The third kappa shape index (κ3) is 2.66. The van der Waals surface area contributed by atoms with Gasteiger partial charge in [-0.15, -0.1) is 0 Å². The Bertz CT molecular complexity index is 746. The summed E-state index contributed by atoms with van der Waals surface area (Å²) >= 11 is 0. The average molecular weight is 302 g/mol. The topological polar surface area (TPSA) is 73.3 Å². The van der Waals surface area contributed by atoms with Gasteiger partial charge in [0.15, 0.2) is 0 Å². The smallest absolute Gasteiger partial charge is 0.328 e. The van der Waals surface area contributed by atoms with Crippen LogP contribution in [0.4, 0.5) is 0 Å². The summed E-state index contributed by atoms with van der Waals surface area (Å²) in [6.07, 6.45) is 2.27. The number of rotatable bonds is 3. The Kier molecular flexibility index (Phi) is 4.02. The summed E-state index contributed by atoms with van der Waals surface area (Å²) in [7, 11) is 1.76. The highest BCUT2D eigenvalue weighted by molar-refractivity contribution is 5.78. The summed E-state index contributed by atoms with van der Waals surface area (Å²) in [5, 5.41) is 0. The number of piperidine rings is 1. The molecule has 2 aromatic rings. The fourth-order valence-corrected chi connectivity index (χ4v) is 3.18. The molecule has 6 nitrogen and oxygen atoms in total. The van der Waals surface area contributed by atoms with E-state index in [1.165, 1.54) is 0 Å². The van der Waals surface area contributed by atoms with Crippen molar-refractivity contribution in [2.24, 2.45) is 12.8 Å². The number of imidazole rings is 1. The minimum Gasteiger partial charge on any atom is -0.341 e. The van der Waals surface area contributed by atoms with Gasteiger partial charge >= 0.3 is 5.69 Å². The number of fused-ring (bicyclic) bond motifs is 1. The van der Waals surface area contributed by atoms with Crippen molar-refractivity contribution in [1.29, 1.82) is 0 Å². The minimum atomic E-state index is -0.0793. The van der Waals surface area contributed by atoms with Crippen molar-refractivity contribution < 1.29 is 4.79 Å². The first kappa shape index (κ1) is 14.8. The monoisotopic (exact) mass is 302 g/mol. The number of hydrogen-bond donors (Lipinski definition) is 1. The molecule has 0 saturated carbocycles. The number of carbonyl (C=O) groups is 1. The quantitative estimate of drug-likeness (QED) is 0.906. The molecule has 2 heterocycles. The second kappa shape index (κ2) is 5.96. The van der Waals surface area contributed by atoms with Gasteiger partial charge in [-0.3, -0.25) is 13.9 Å². The Morgan fingerprint density at radius 2 is 2.05 bits per heavy atom. The lowest BCUT2D eigenvalue weighted by atomic mass is 10.1. The number of carbonyl (C=O) groups excluding carboxylic acids is 1. The number of likely N-dealkylation sites (tertiary alicyclic amines) is 1. The second-order valence-corrected chi connectivity index (χ2v) is 5.97. The minimum absolute atomic E-state index is 0.0787. The summed E-state index contributed by atoms with van der Waals surface area (Å²) in [6, 6.07) is 7.73. The third-order valence-corrected chi connectivity index (χ3v) is 4.41. The van der Waals surface area contributed by atoms with Gasteiger partial charge in [0, 0.05) is 39.1 Å². The predicted octanol–water partition coefficient (Wildman–Crippen LogP) is 0.680. The zero-order valence-electron chi connectivity index (χ0n) is 12.9. The van der Waals surface area contributed by atoms with Crippen molar-refractivity contribution in [3.8, 4) is 0 Å². The second-order valence-electron chi connectivity index (χ2n) is 5.97. The summed E-state index contributed by atoms with van der Waals surface area (Å²) in [5.74, 6) is 0.0787. The summed E-state index contributed by atoms with van der Waals surface area (Å²) < 4.78 is 3.30. The van der Waals surface area contributed by atoms with E-state index in [1.54, 1.807) is 16.2 Å². The third-order valence-electron chi connectivity index (χ3n) is 4.41. The van der Waals surface area contributed by atoms with Crippen molar-refractivity contribution in [2.75, 3.05) is 13.1 Å². The first-order valence-electron chi connectivity index (χ1n) is 7.75. The van der Waals surface area contributed by atoms with Gasteiger partial charge in [-0.05, 0) is 25.0 Å². The van der Waals surface area contributed by atoms with Gasteiger partial charge in [-0.25, -0.2) is 4.79 Å². The van der Waals surface area contributed by atoms with Crippen LogP contribution in [0.1, 0.15) is 19.3 Å². The molecule has 22 heavy (non-hydrogen) atoms. The van der Waals surface area contributed by atoms with Gasteiger partial charge in [0.25, 0.3) is 0 Å². The van der Waals surface area contributed by atoms with Gasteiger partial charge in [-0.1, -0.05) is 12.1 Å². The molecular formula is C16H22N4O2. The molecule has 1 saturated heterocycles. The number of benzene rings is 1. The lowest BCUT2D eigenvalue weighted by molar-refractivity contribution is -0.132. The van der Waals surface area contributed by atoms with Crippen LogP contribution >= 0.6 is 0 Å². The first-order chi connectivity index (χ1) is 10.6. The van der Waals surface area contributed by atoms with Crippen LogP contribution in [0.2, 0.25) is 0 Å². The van der Waals surface area contributed by atoms with E-state index in [-0.39, 0.29) is 17.6 Å². The van der Waals surface area contributed by atoms with Gasteiger partial charge < -0.3 is 10.6 Å². The molecule has 1 aromatic heterocycles. The van der Waals surface area contributed by atoms with Crippen LogP contribution in [-0.2, 0) is 18.4 Å². The van der Waals surface area contributed by atoms with E-state index in [1.807, 2.05) is 29.2 Å². The molecule has 0 unspecified atom stereocenters. The molecule has 0 radical (unpaired) electrons. The average Bonchev–Trinajstić information content (AvgIpc) is 2.77.